The highest BCUT2D eigenvalue weighted by atomic mass is 16.5. The summed E-state index contributed by atoms with van der Waals surface area (Å²) in [7, 11) is 0. The van der Waals surface area contributed by atoms with Gasteiger partial charge in [0.05, 0.1) is 18.6 Å². The second kappa shape index (κ2) is 22.1. The van der Waals surface area contributed by atoms with Crippen LogP contribution in [0.3, 0.4) is 0 Å². The second-order valence-corrected chi connectivity index (χ2v) is 10.2. The van der Waals surface area contributed by atoms with Gasteiger partial charge < -0.3 is 9.84 Å². The molecule has 196 valence electrons. The molecule has 3 heteroatoms. The van der Waals surface area contributed by atoms with E-state index in [0.717, 1.165) is 37.7 Å². The lowest BCUT2D eigenvalue weighted by atomic mass is 9.91. The molecule has 1 aromatic rings. The van der Waals surface area contributed by atoms with Crippen molar-refractivity contribution in [1.82, 2.24) is 0 Å². The summed E-state index contributed by atoms with van der Waals surface area (Å²) in [6.45, 7) is 5.01. The summed E-state index contributed by atoms with van der Waals surface area (Å²) in [5, 5.41) is 10.0. The standard InChI is InChI=1S/C31H54O3/c1-3-5-7-9-11-13-15-17-22-26-30(34-27-28-23-19-18-20-24-28)29(31(32)33)25-21-16-14-12-10-8-6-4-2/h18-20,23-24,29-30H,3-17,21-22,25-27H2,1-2H3,(H,32,33)/t29-,30-/m1/s1. The molecule has 1 aromatic carbocycles. The normalized spacial score (nSPS) is 13.1. The molecule has 3 nitrogen and oxygen atoms in total. The smallest absolute Gasteiger partial charge is 0.309 e. The van der Waals surface area contributed by atoms with Crippen LogP contribution in [0.2, 0.25) is 0 Å². The van der Waals surface area contributed by atoms with Gasteiger partial charge in [-0.2, -0.15) is 0 Å². The maximum absolute atomic E-state index is 12.2. The Morgan fingerprint density at radius 3 is 1.59 bits per heavy atom. The minimum absolute atomic E-state index is 0.188. The number of unbranched alkanes of at least 4 members (excludes halogenated alkanes) is 15. The molecule has 0 radical (unpaired) electrons. The molecular weight excluding hydrogens is 420 g/mol. The van der Waals surface area contributed by atoms with Crippen molar-refractivity contribution in [2.24, 2.45) is 5.92 Å². The Labute approximate surface area is 211 Å². The van der Waals surface area contributed by atoms with E-state index < -0.39 is 11.9 Å². The summed E-state index contributed by atoms with van der Waals surface area (Å²) in [5.74, 6) is -1.07. The molecule has 0 saturated heterocycles. The lowest BCUT2D eigenvalue weighted by molar-refractivity contribution is -0.149. The van der Waals surface area contributed by atoms with Crippen LogP contribution in [0.15, 0.2) is 30.3 Å². The van der Waals surface area contributed by atoms with Crippen LogP contribution in [0, 0.1) is 5.92 Å². The number of carboxylic acids is 1. The first-order valence-corrected chi connectivity index (χ1v) is 14.6. The number of benzene rings is 1. The topological polar surface area (TPSA) is 46.5 Å². The Kier molecular flexibility index (Phi) is 20.0. The lowest BCUT2D eigenvalue weighted by Crippen LogP contribution is -2.31. The molecule has 0 amide bonds. The Balaban J connectivity index is 2.43. The molecule has 0 aliphatic carbocycles. The van der Waals surface area contributed by atoms with Gasteiger partial charge in [-0.3, -0.25) is 4.79 Å². The van der Waals surface area contributed by atoms with Crippen molar-refractivity contribution in [2.75, 3.05) is 0 Å². The van der Waals surface area contributed by atoms with Crippen molar-refractivity contribution in [3.05, 3.63) is 35.9 Å². The van der Waals surface area contributed by atoms with Crippen LogP contribution in [0.4, 0.5) is 0 Å². The molecule has 0 spiro atoms. The molecule has 34 heavy (non-hydrogen) atoms. The minimum atomic E-state index is -0.683. The summed E-state index contributed by atoms with van der Waals surface area (Å²) in [5.41, 5.74) is 1.12. The van der Waals surface area contributed by atoms with Gasteiger partial charge in [0.1, 0.15) is 0 Å². The first-order valence-electron chi connectivity index (χ1n) is 14.6. The zero-order valence-electron chi connectivity index (χ0n) is 22.4. The second-order valence-electron chi connectivity index (χ2n) is 10.2. The molecule has 0 fully saturated rings. The van der Waals surface area contributed by atoms with E-state index in [1.54, 1.807) is 0 Å². The maximum atomic E-state index is 12.2. The zero-order valence-corrected chi connectivity index (χ0v) is 22.4. The lowest BCUT2D eigenvalue weighted by Gasteiger charge is -2.25. The number of hydrogen-bond acceptors (Lipinski definition) is 2. The van der Waals surface area contributed by atoms with Crippen molar-refractivity contribution < 1.29 is 14.6 Å². The van der Waals surface area contributed by atoms with Gasteiger partial charge >= 0.3 is 5.97 Å². The largest absolute Gasteiger partial charge is 0.481 e. The van der Waals surface area contributed by atoms with Crippen molar-refractivity contribution in [2.45, 2.75) is 149 Å². The average Bonchev–Trinajstić information content (AvgIpc) is 2.85. The van der Waals surface area contributed by atoms with Gasteiger partial charge in [0.25, 0.3) is 0 Å². The van der Waals surface area contributed by atoms with Gasteiger partial charge in [0, 0.05) is 0 Å². The molecule has 0 aliphatic rings. The fourth-order valence-electron chi connectivity index (χ4n) is 4.80. The van der Waals surface area contributed by atoms with Gasteiger partial charge in [-0.1, -0.05) is 153 Å². The summed E-state index contributed by atoms with van der Waals surface area (Å²) < 4.78 is 6.27. The van der Waals surface area contributed by atoms with Crippen LogP contribution in [0.1, 0.15) is 141 Å². The molecule has 0 aromatic heterocycles. The van der Waals surface area contributed by atoms with Crippen molar-refractivity contribution in [3.8, 4) is 0 Å². The predicted octanol–water partition coefficient (Wildman–Crippen LogP) is 9.72. The van der Waals surface area contributed by atoms with E-state index in [2.05, 4.69) is 26.0 Å². The molecule has 0 bridgehead atoms. The van der Waals surface area contributed by atoms with Crippen LogP contribution in [0.5, 0.6) is 0 Å². The van der Waals surface area contributed by atoms with Crippen molar-refractivity contribution in [3.63, 3.8) is 0 Å². The number of ether oxygens (including phenoxy) is 1. The van der Waals surface area contributed by atoms with E-state index in [-0.39, 0.29) is 6.10 Å². The number of hydrogen-bond donors (Lipinski definition) is 1. The van der Waals surface area contributed by atoms with Crippen molar-refractivity contribution in [1.29, 1.82) is 0 Å². The summed E-state index contributed by atoms with van der Waals surface area (Å²) in [4.78, 5) is 12.2. The predicted molar refractivity (Wildman–Crippen MR) is 145 cm³/mol. The summed E-state index contributed by atoms with van der Waals surface area (Å²) in [6.07, 6.45) is 22.8. The first kappa shape index (κ1) is 30.7. The Bertz CT molecular complexity index is 571. The first-order chi connectivity index (χ1) is 16.7. The monoisotopic (exact) mass is 474 g/mol. The van der Waals surface area contributed by atoms with E-state index in [1.165, 1.54) is 89.9 Å². The third-order valence-corrected chi connectivity index (χ3v) is 7.03. The fraction of sp³-hybridized carbons (Fsp3) is 0.774. The molecule has 0 aliphatic heterocycles. The Morgan fingerprint density at radius 2 is 1.12 bits per heavy atom. The number of rotatable bonds is 24. The average molecular weight is 475 g/mol. The van der Waals surface area contributed by atoms with E-state index in [4.69, 9.17) is 4.74 Å². The quantitative estimate of drug-likeness (QED) is 0.152. The summed E-state index contributed by atoms with van der Waals surface area (Å²) in [6, 6.07) is 10.2. The van der Waals surface area contributed by atoms with Crippen LogP contribution in [-0.2, 0) is 16.1 Å². The Morgan fingerprint density at radius 1 is 0.676 bits per heavy atom. The van der Waals surface area contributed by atoms with Gasteiger partial charge in [0.15, 0.2) is 0 Å². The highest BCUT2D eigenvalue weighted by Crippen LogP contribution is 2.24. The van der Waals surface area contributed by atoms with Crippen LogP contribution in [0.25, 0.3) is 0 Å². The molecular formula is C31H54O3. The van der Waals surface area contributed by atoms with Gasteiger partial charge in [-0.05, 0) is 18.4 Å². The van der Waals surface area contributed by atoms with Crippen LogP contribution >= 0.6 is 0 Å². The number of aliphatic carboxylic acids is 1. The molecule has 0 saturated carbocycles. The molecule has 1 rings (SSSR count). The molecule has 0 unspecified atom stereocenters. The fourth-order valence-corrected chi connectivity index (χ4v) is 4.80. The van der Waals surface area contributed by atoms with Gasteiger partial charge in [0.2, 0.25) is 0 Å². The van der Waals surface area contributed by atoms with Gasteiger partial charge in [-0.25, -0.2) is 0 Å². The third-order valence-electron chi connectivity index (χ3n) is 7.03. The maximum Gasteiger partial charge on any atom is 0.309 e. The minimum Gasteiger partial charge on any atom is -0.481 e. The van der Waals surface area contributed by atoms with Gasteiger partial charge in [-0.15, -0.1) is 0 Å². The van der Waals surface area contributed by atoms with E-state index >= 15 is 0 Å². The number of carbonyl (C=O) groups is 1. The van der Waals surface area contributed by atoms with E-state index in [9.17, 15) is 9.90 Å². The number of carboxylic acid groups (broad SMARTS) is 1. The summed E-state index contributed by atoms with van der Waals surface area (Å²) >= 11 is 0. The highest BCUT2D eigenvalue weighted by Gasteiger charge is 2.28. The molecule has 0 heterocycles. The molecule has 2 atom stereocenters. The van der Waals surface area contributed by atoms with Crippen LogP contribution < -0.4 is 0 Å². The van der Waals surface area contributed by atoms with E-state index in [1.807, 2.05) is 18.2 Å². The van der Waals surface area contributed by atoms with E-state index in [0.29, 0.717) is 6.61 Å². The Hall–Kier alpha value is -1.35. The zero-order chi connectivity index (χ0) is 24.7. The third kappa shape index (κ3) is 16.3. The SMILES string of the molecule is CCCCCCCCCCC[C@@H](OCc1ccccc1)[C@@H](CCCCCCCCCC)C(=O)O. The van der Waals surface area contributed by atoms with Crippen molar-refractivity contribution >= 4 is 5.97 Å². The highest BCUT2D eigenvalue weighted by molar-refractivity contribution is 5.70. The molecule has 1 N–H and O–H groups in total. The van der Waals surface area contributed by atoms with Crippen LogP contribution in [-0.4, -0.2) is 17.2 Å².